The van der Waals surface area contributed by atoms with Crippen LogP contribution in [0.1, 0.15) is 323 Å². The molecule has 0 fully saturated rings. The molecule has 0 aromatic heterocycles. The second kappa shape index (κ2) is 55.5. The van der Waals surface area contributed by atoms with E-state index in [-0.39, 0.29) is 31.1 Å². The molecule has 0 aliphatic carbocycles. The Morgan fingerprint density at radius 3 is 0.864 bits per heavy atom. The van der Waals surface area contributed by atoms with E-state index >= 15 is 0 Å². The summed E-state index contributed by atoms with van der Waals surface area (Å²) in [5.74, 6) is -0.850. The van der Waals surface area contributed by atoms with Gasteiger partial charge >= 0.3 is 17.9 Å². The summed E-state index contributed by atoms with van der Waals surface area (Å²) in [5, 5.41) is 0. The molecule has 0 saturated carbocycles. The predicted molar refractivity (Wildman–Crippen MR) is 284 cm³/mol. The van der Waals surface area contributed by atoms with E-state index in [0.717, 1.165) is 64.2 Å². The monoisotopic (exact) mass is 929 g/mol. The van der Waals surface area contributed by atoms with Crippen LogP contribution in [0.15, 0.2) is 24.3 Å². The summed E-state index contributed by atoms with van der Waals surface area (Å²) in [6.07, 6.45) is 64.5. The highest BCUT2D eigenvalue weighted by Gasteiger charge is 2.19. The normalized spacial score (nSPS) is 12.1. The Morgan fingerprint density at radius 2 is 0.545 bits per heavy atom. The van der Waals surface area contributed by atoms with E-state index in [9.17, 15) is 14.4 Å². The lowest BCUT2D eigenvalue weighted by atomic mass is 10.0. The smallest absolute Gasteiger partial charge is 0.306 e. The summed E-state index contributed by atoms with van der Waals surface area (Å²) in [6, 6.07) is 0. The lowest BCUT2D eigenvalue weighted by molar-refractivity contribution is -0.167. The molecule has 0 bridgehead atoms. The molecule has 0 rings (SSSR count). The Bertz CT molecular complexity index is 1070. The quantitative estimate of drug-likeness (QED) is 0.0262. The lowest BCUT2D eigenvalue weighted by Crippen LogP contribution is -2.30. The van der Waals surface area contributed by atoms with Crippen LogP contribution in [0.25, 0.3) is 0 Å². The van der Waals surface area contributed by atoms with E-state index in [0.29, 0.717) is 19.3 Å². The number of hydrogen-bond acceptors (Lipinski definition) is 6. The first-order chi connectivity index (χ1) is 32.5. The molecule has 0 N–H and O–H groups in total. The molecule has 0 heterocycles. The third-order valence-electron chi connectivity index (χ3n) is 13.2. The van der Waals surface area contributed by atoms with Gasteiger partial charge < -0.3 is 14.2 Å². The van der Waals surface area contributed by atoms with Crippen LogP contribution in [-0.2, 0) is 28.6 Å². The first-order valence-electron chi connectivity index (χ1n) is 29.3. The fourth-order valence-corrected chi connectivity index (χ4v) is 8.77. The molecule has 6 heteroatoms. The van der Waals surface area contributed by atoms with Crippen molar-refractivity contribution in [2.45, 2.75) is 329 Å². The van der Waals surface area contributed by atoms with Crippen LogP contribution in [0.4, 0.5) is 0 Å². The van der Waals surface area contributed by atoms with Crippen LogP contribution in [0.5, 0.6) is 0 Å². The van der Waals surface area contributed by atoms with Gasteiger partial charge in [0.2, 0.25) is 0 Å². The Hall–Kier alpha value is -2.11. The highest BCUT2D eigenvalue weighted by atomic mass is 16.6. The molecule has 0 spiro atoms. The van der Waals surface area contributed by atoms with Gasteiger partial charge in [-0.05, 0) is 51.4 Å². The minimum Gasteiger partial charge on any atom is -0.462 e. The van der Waals surface area contributed by atoms with Crippen LogP contribution >= 0.6 is 0 Å². The average Bonchev–Trinajstić information content (AvgIpc) is 3.31. The standard InChI is InChI=1S/C60H112O6/c1-4-7-10-13-16-19-22-24-26-28-30-32-33-35-38-41-44-47-50-53-59(62)65-56-57(55-64-58(61)52-49-46-43-40-37-21-18-15-12-9-6-3)66-60(63)54-51-48-45-42-39-36-34-31-29-27-25-23-20-17-14-11-8-5-2/h16,19,24,26,57H,4-15,17-18,20-23,25,27-56H2,1-3H3/b19-16-,26-24-/t57-/m1/s1. The molecule has 1 atom stereocenters. The molecule has 0 saturated heterocycles. The molecule has 6 nitrogen and oxygen atoms in total. The molecule has 388 valence electrons. The van der Waals surface area contributed by atoms with E-state index in [1.807, 2.05) is 0 Å². The van der Waals surface area contributed by atoms with Crippen LogP contribution < -0.4 is 0 Å². The first kappa shape index (κ1) is 63.9. The van der Waals surface area contributed by atoms with E-state index in [1.165, 1.54) is 218 Å². The molecule has 0 aliphatic rings. The van der Waals surface area contributed by atoms with Gasteiger partial charge in [-0.2, -0.15) is 0 Å². The molecular weight excluding hydrogens is 817 g/mol. The van der Waals surface area contributed by atoms with E-state index in [4.69, 9.17) is 14.2 Å². The van der Waals surface area contributed by atoms with Crippen molar-refractivity contribution in [2.24, 2.45) is 0 Å². The maximum atomic E-state index is 12.9. The largest absolute Gasteiger partial charge is 0.462 e. The summed E-state index contributed by atoms with van der Waals surface area (Å²) in [5.41, 5.74) is 0. The van der Waals surface area contributed by atoms with E-state index < -0.39 is 6.10 Å². The molecule has 66 heavy (non-hydrogen) atoms. The van der Waals surface area contributed by atoms with Gasteiger partial charge in [0.15, 0.2) is 6.10 Å². The zero-order chi connectivity index (χ0) is 47.9. The molecule has 0 amide bonds. The number of carbonyl (C=O) groups is 3. The minimum atomic E-state index is -0.767. The average molecular weight is 930 g/mol. The van der Waals surface area contributed by atoms with Gasteiger partial charge in [0.25, 0.3) is 0 Å². The molecule has 0 unspecified atom stereocenters. The third-order valence-corrected chi connectivity index (χ3v) is 13.2. The van der Waals surface area contributed by atoms with Crippen molar-refractivity contribution >= 4 is 17.9 Å². The zero-order valence-corrected chi connectivity index (χ0v) is 44.5. The van der Waals surface area contributed by atoms with Gasteiger partial charge in [0.1, 0.15) is 13.2 Å². The van der Waals surface area contributed by atoms with Crippen molar-refractivity contribution in [3.8, 4) is 0 Å². The SMILES string of the molecule is CCCCC/C=C\C/C=C\CCCCCCCCCCCC(=O)OC[C@@H](COC(=O)CCCCCCCCCCCCC)OC(=O)CCCCCCCCCCCCCCCCCCCC. The van der Waals surface area contributed by atoms with Gasteiger partial charge in [0, 0.05) is 19.3 Å². The number of esters is 3. The maximum Gasteiger partial charge on any atom is 0.306 e. The van der Waals surface area contributed by atoms with Gasteiger partial charge in [-0.1, -0.05) is 276 Å². The summed E-state index contributed by atoms with van der Waals surface area (Å²) < 4.78 is 16.9. The number of unbranched alkanes of at least 4 members (excludes halogenated alkanes) is 39. The molecular formula is C60H112O6. The third kappa shape index (κ3) is 52.9. The topological polar surface area (TPSA) is 78.9 Å². The highest BCUT2D eigenvalue weighted by Crippen LogP contribution is 2.17. The van der Waals surface area contributed by atoms with Gasteiger partial charge in [-0.25, -0.2) is 0 Å². The maximum absolute atomic E-state index is 12.9. The number of rotatable bonds is 54. The minimum absolute atomic E-state index is 0.0669. The predicted octanol–water partition coefficient (Wildman–Crippen LogP) is 19.5. The molecule has 0 aromatic carbocycles. The molecule has 0 radical (unpaired) electrons. The Labute approximate surface area is 411 Å². The van der Waals surface area contributed by atoms with Crippen LogP contribution in [-0.4, -0.2) is 37.2 Å². The second-order valence-electron chi connectivity index (χ2n) is 19.9. The van der Waals surface area contributed by atoms with Crippen molar-refractivity contribution in [1.82, 2.24) is 0 Å². The zero-order valence-electron chi connectivity index (χ0n) is 44.5. The van der Waals surface area contributed by atoms with E-state index in [2.05, 4.69) is 45.1 Å². The Balaban J connectivity index is 4.28. The molecule has 0 aromatic rings. The summed E-state index contributed by atoms with van der Waals surface area (Å²) >= 11 is 0. The molecule has 0 aliphatic heterocycles. The summed E-state index contributed by atoms with van der Waals surface area (Å²) in [4.78, 5) is 38.1. The second-order valence-corrected chi connectivity index (χ2v) is 19.9. The van der Waals surface area contributed by atoms with Crippen molar-refractivity contribution in [3.05, 3.63) is 24.3 Å². The van der Waals surface area contributed by atoms with Crippen molar-refractivity contribution < 1.29 is 28.6 Å². The van der Waals surface area contributed by atoms with Crippen LogP contribution in [0, 0.1) is 0 Å². The number of ether oxygens (including phenoxy) is 3. The number of allylic oxidation sites excluding steroid dienone is 4. The lowest BCUT2D eigenvalue weighted by Gasteiger charge is -2.18. The van der Waals surface area contributed by atoms with Gasteiger partial charge in [0.05, 0.1) is 0 Å². The van der Waals surface area contributed by atoms with Crippen molar-refractivity contribution in [2.75, 3.05) is 13.2 Å². The summed E-state index contributed by atoms with van der Waals surface area (Å²) in [7, 11) is 0. The Morgan fingerprint density at radius 1 is 0.303 bits per heavy atom. The van der Waals surface area contributed by atoms with Gasteiger partial charge in [-0.15, -0.1) is 0 Å². The summed E-state index contributed by atoms with van der Waals surface area (Å²) in [6.45, 7) is 6.66. The van der Waals surface area contributed by atoms with Crippen LogP contribution in [0.3, 0.4) is 0 Å². The van der Waals surface area contributed by atoms with E-state index in [1.54, 1.807) is 0 Å². The Kier molecular flexibility index (Phi) is 53.7. The fraction of sp³-hybridized carbons (Fsp3) is 0.883. The first-order valence-corrected chi connectivity index (χ1v) is 29.3. The van der Waals surface area contributed by atoms with Crippen molar-refractivity contribution in [1.29, 1.82) is 0 Å². The highest BCUT2D eigenvalue weighted by molar-refractivity contribution is 5.71. The number of carbonyl (C=O) groups excluding carboxylic acids is 3. The fourth-order valence-electron chi connectivity index (χ4n) is 8.77. The van der Waals surface area contributed by atoms with Crippen LogP contribution in [0.2, 0.25) is 0 Å². The number of hydrogen-bond donors (Lipinski definition) is 0. The van der Waals surface area contributed by atoms with Crippen molar-refractivity contribution in [3.63, 3.8) is 0 Å². The van der Waals surface area contributed by atoms with Gasteiger partial charge in [-0.3, -0.25) is 14.4 Å².